The van der Waals surface area contributed by atoms with Crippen LogP contribution in [-0.2, 0) is 17.9 Å². The molecule has 1 amide bonds. The number of rotatable bonds is 6. The van der Waals surface area contributed by atoms with Crippen LogP contribution in [0.25, 0.3) is 10.9 Å². The fourth-order valence-corrected chi connectivity index (χ4v) is 2.70. The molecule has 0 bridgehead atoms. The first-order valence-corrected chi connectivity index (χ1v) is 8.20. The zero-order valence-corrected chi connectivity index (χ0v) is 14.3. The van der Waals surface area contributed by atoms with E-state index < -0.39 is 0 Å². The van der Waals surface area contributed by atoms with Crippen molar-refractivity contribution in [2.24, 2.45) is 11.7 Å². The second-order valence-electron chi connectivity index (χ2n) is 5.90. The lowest BCUT2D eigenvalue weighted by Gasteiger charge is -2.13. The van der Waals surface area contributed by atoms with Gasteiger partial charge in [-0.2, -0.15) is 0 Å². The quantitative estimate of drug-likeness (QED) is 0.828. The lowest BCUT2D eigenvalue weighted by Crippen LogP contribution is -2.39. The Balaban J connectivity index is 2.49. The zero-order valence-electron chi connectivity index (χ0n) is 14.3. The van der Waals surface area contributed by atoms with Crippen LogP contribution in [0, 0.1) is 5.92 Å². The highest BCUT2D eigenvalue weighted by atomic mass is 16.2. The van der Waals surface area contributed by atoms with Crippen LogP contribution in [0.4, 0.5) is 5.69 Å². The van der Waals surface area contributed by atoms with Gasteiger partial charge in [0, 0.05) is 25.2 Å². The molecule has 0 saturated heterocycles. The molecule has 0 radical (unpaired) electrons. The molecule has 24 heavy (non-hydrogen) atoms. The van der Waals surface area contributed by atoms with E-state index in [1.165, 1.54) is 4.57 Å². The second-order valence-corrected chi connectivity index (χ2v) is 5.90. The number of hydrogen-bond acceptors (Lipinski definition) is 4. The van der Waals surface area contributed by atoms with Crippen molar-refractivity contribution in [1.82, 2.24) is 9.13 Å². The normalized spacial score (nSPS) is 12.3. The van der Waals surface area contributed by atoms with E-state index in [0.717, 1.165) is 0 Å². The first kappa shape index (κ1) is 17.9. The van der Waals surface area contributed by atoms with Gasteiger partial charge < -0.3 is 11.1 Å². The van der Waals surface area contributed by atoms with Gasteiger partial charge in [-0.15, -0.1) is 0 Å². The Morgan fingerprint density at radius 2 is 1.88 bits per heavy atom. The predicted molar refractivity (Wildman–Crippen MR) is 95.3 cm³/mol. The van der Waals surface area contributed by atoms with E-state index in [2.05, 4.69) is 5.32 Å². The molecule has 0 fully saturated rings. The van der Waals surface area contributed by atoms with E-state index in [0.29, 0.717) is 42.6 Å². The second kappa shape index (κ2) is 7.44. The molecule has 1 atom stereocenters. The van der Waals surface area contributed by atoms with Crippen LogP contribution in [-0.4, -0.2) is 21.6 Å². The Kier molecular flexibility index (Phi) is 5.56. The molecular formula is C17H24N4O3. The van der Waals surface area contributed by atoms with Gasteiger partial charge in [-0.1, -0.05) is 6.92 Å². The summed E-state index contributed by atoms with van der Waals surface area (Å²) in [6, 6.07) is 5.03. The number of aryl methyl sites for hydroxylation is 1. The van der Waals surface area contributed by atoms with Gasteiger partial charge in [-0.3, -0.25) is 18.7 Å². The molecule has 2 rings (SSSR count). The van der Waals surface area contributed by atoms with Crippen molar-refractivity contribution in [3.05, 3.63) is 39.0 Å². The van der Waals surface area contributed by atoms with Crippen molar-refractivity contribution in [3.63, 3.8) is 0 Å². The van der Waals surface area contributed by atoms with Gasteiger partial charge in [-0.25, -0.2) is 4.79 Å². The standard InChI is InChI=1S/C17H24N4O3/c1-4-20-14-7-6-12(19-15(22)8-11(3)10-18)9-13(14)16(23)21(5-2)17(20)24/h6-7,9,11H,4-5,8,10,18H2,1-3H3,(H,19,22). The molecule has 3 N–H and O–H groups in total. The number of amides is 1. The van der Waals surface area contributed by atoms with Gasteiger partial charge in [0.2, 0.25) is 5.91 Å². The minimum Gasteiger partial charge on any atom is -0.330 e. The van der Waals surface area contributed by atoms with Gasteiger partial charge in [0.05, 0.1) is 10.9 Å². The molecule has 1 aromatic heterocycles. The Labute approximate surface area is 140 Å². The molecule has 1 unspecified atom stereocenters. The first-order valence-electron chi connectivity index (χ1n) is 8.20. The first-order chi connectivity index (χ1) is 11.4. The summed E-state index contributed by atoms with van der Waals surface area (Å²) in [6.45, 7) is 6.73. The van der Waals surface area contributed by atoms with Gasteiger partial charge >= 0.3 is 5.69 Å². The molecule has 0 aliphatic heterocycles. The molecule has 1 heterocycles. The van der Waals surface area contributed by atoms with Crippen molar-refractivity contribution in [3.8, 4) is 0 Å². The van der Waals surface area contributed by atoms with E-state index >= 15 is 0 Å². The monoisotopic (exact) mass is 332 g/mol. The van der Waals surface area contributed by atoms with E-state index in [1.807, 2.05) is 13.8 Å². The molecule has 2 aromatic rings. The average molecular weight is 332 g/mol. The summed E-state index contributed by atoms with van der Waals surface area (Å²) >= 11 is 0. The number of carbonyl (C=O) groups is 1. The summed E-state index contributed by atoms with van der Waals surface area (Å²) in [5.41, 5.74) is 5.99. The molecule has 0 aliphatic carbocycles. The fourth-order valence-electron chi connectivity index (χ4n) is 2.70. The predicted octanol–water partition coefficient (Wildman–Crippen LogP) is 1.13. The van der Waals surface area contributed by atoms with Gasteiger partial charge in [0.25, 0.3) is 5.56 Å². The van der Waals surface area contributed by atoms with Crippen molar-refractivity contribution in [1.29, 1.82) is 0 Å². The number of benzene rings is 1. The Morgan fingerprint density at radius 1 is 1.21 bits per heavy atom. The lowest BCUT2D eigenvalue weighted by molar-refractivity contribution is -0.116. The molecule has 7 nitrogen and oxygen atoms in total. The number of aromatic nitrogens is 2. The molecule has 0 saturated carbocycles. The summed E-state index contributed by atoms with van der Waals surface area (Å²) in [5.74, 6) is -0.0556. The van der Waals surface area contributed by atoms with Crippen LogP contribution < -0.4 is 22.3 Å². The Bertz CT molecular complexity index is 866. The minimum absolute atomic E-state index is 0.0908. The third kappa shape index (κ3) is 3.41. The zero-order chi connectivity index (χ0) is 17.9. The number of fused-ring (bicyclic) bond motifs is 1. The molecule has 0 aliphatic rings. The number of nitrogens with zero attached hydrogens (tertiary/aromatic N) is 2. The molecule has 0 spiro atoms. The van der Waals surface area contributed by atoms with E-state index in [-0.39, 0.29) is 23.1 Å². The highest BCUT2D eigenvalue weighted by Crippen LogP contribution is 2.16. The van der Waals surface area contributed by atoms with Gasteiger partial charge in [0.1, 0.15) is 0 Å². The van der Waals surface area contributed by atoms with Crippen LogP contribution in [0.5, 0.6) is 0 Å². The number of carbonyl (C=O) groups excluding carboxylic acids is 1. The maximum atomic E-state index is 12.5. The topological polar surface area (TPSA) is 99.1 Å². The van der Waals surface area contributed by atoms with Crippen LogP contribution in [0.15, 0.2) is 27.8 Å². The lowest BCUT2D eigenvalue weighted by atomic mass is 10.1. The maximum Gasteiger partial charge on any atom is 0.331 e. The smallest absolute Gasteiger partial charge is 0.330 e. The van der Waals surface area contributed by atoms with Crippen molar-refractivity contribution in [2.45, 2.75) is 40.3 Å². The third-order valence-corrected chi connectivity index (χ3v) is 4.08. The van der Waals surface area contributed by atoms with Crippen molar-refractivity contribution in [2.75, 3.05) is 11.9 Å². The number of nitrogens with two attached hydrogens (primary N) is 1. The Hall–Kier alpha value is -2.41. The Morgan fingerprint density at radius 3 is 2.46 bits per heavy atom. The van der Waals surface area contributed by atoms with Crippen molar-refractivity contribution >= 4 is 22.5 Å². The summed E-state index contributed by atoms with van der Waals surface area (Å²) in [4.78, 5) is 36.9. The van der Waals surface area contributed by atoms with E-state index in [4.69, 9.17) is 5.73 Å². The van der Waals surface area contributed by atoms with Crippen LogP contribution in [0.1, 0.15) is 27.2 Å². The molecular weight excluding hydrogens is 308 g/mol. The van der Waals surface area contributed by atoms with Crippen LogP contribution in [0.2, 0.25) is 0 Å². The van der Waals surface area contributed by atoms with Crippen LogP contribution >= 0.6 is 0 Å². The summed E-state index contributed by atoms with van der Waals surface area (Å²) in [7, 11) is 0. The summed E-state index contributed by atoms with van der Waals surface area (Å²) < 4.78 is 2.76. The highest BCUT2D eigenvalue weighted by molar-refractivity contribution is 5.93. The summed E-state index contributed by atoms with van der Waals surface area (Å²) in [5, 5.41) is 3.21. The van der Waals surface area contributed by atoms with Crippen LogP contribution in [0.3, 0.4) is 0 Å². The molecule has 130 valence electrons. The average Bonchev–Trinajstić information content (AvgIpc) is 2.56. The number of hydrogen-bond donors (Lipinski definition) is 2. The van der Waals surface area contributed by atoms with Gasteiger partial charge in [-0.05, 0) is 44.5 Å². The maximum absolute atomic E-state index is 12.5. The summed E-state index contributed by atoms with van der Waals surface area (Å²) in [6.07, 6.45) is 0.322. The molecule has 1 aromatic carbocycles. The minimum atomic E-state index is -0.339. The third-order valence-electron chi connectivity index (χ3n) is 4.08. The highest BCUT2D eigenvalue weighted by Gasteiger charge is 2.13. The van der Waals surface area contributed by atoms with E-state index in [1.54, 1.807) is 29.7 Å². The molecule has 7 heteroatoms. The van der Waals surface area contributed by atoms with E-state index in [9.17, 15) is 14.4 Å². The largest absolute Gasteiger partial charge is 0.331 e. The number of anilines is 1. The SMILES string of the molecule is CCn1c(=O)c2cc(NC(=O)CC(C)CN)ccc2n(CC)c1=O. The fraction of sp³-hybridized carbons (Fsp3) is 0.471. The van der Waals surface area contributed by atoms with Gasteiger partial charge in [0.15, 0.2) is 0 Å². The number of nitrogens with one attached hydrogen (secondary N) is 1. The van der Waals surface area contributed by atoms with Crippen molar-refractivity contribution < 1.29 is 4.79 Å².